The summed E-state index contributed by atoms with van der Waals surface area (Å²) in [5.74, 6) is 0.514. The lowest BCUT2D eigenvalue weighted by molar-refractivity contribution is -0.157. The molecule has 0 fully saturated rings. The van der Waals surface area contributed by atoms with Crippen molar-refractivity contribution in [1.82, 2.24) is 0 Å². The summed E-state index contributed by atoms with van der Waals surface area (Å²) in [6.45, 7) is 18.8. The van der Waals surface area contributed by atoms with Crippen molar-refractivity contribution in [3.63, 3.8) is 0 Å². The molecule has 1 rings (SSSR count). The van der Waals surface area contributed by atoms with Crippen LogP contribution < -0.4 is 0 Å². The minimum absolute atomic E-state index is 0.0486. The Balaban J connectivity index is 3.19. The maximum Gasteiger partial charge on any atom is 0.303 e. The number of hydrogen-bond donors (Lipinski definition) is 0. The van der Waals surface area contributed by atoms with E-state index in [1.807, 2.05) is 6.08 Å². The van der Waals surface area contributed by atoms with E-state index in [-0.39, 0.29) is 29.3 Å². The molecule has 0 radical (unpaired) electrons. The predicted molar refractivity (Wildman–Crippen MR) is 106 cm³/mol. The maximum absolute atomic E-state index is 11.6. The molecule has 0 spiro atoms. The zero-order chi connectivity index (χ0) is 19.6. The molecular weight excluding hydrogens is 352 g/mol. The van der Waals surface area contributed by atoms with Gasteiger partial charge in [-0.1, -0.05) is 20.8 Å². The van der Waals surface area contributed by atoms with Crippen LogP contribution in [0.15, 0.2) is 11.8 Å². The van der Waals surface area contributed by atoms with Crippen molar-refractivity contribution in [1.29, 1.82) is 0 Å². The first kappa shape index (κ1) is 22.4. The van der Waals surface area contributed by atoms with Gasteiger partial charge in [0, 0.05) is 20.5 Å². The van der Waals surface area contributed by atoms with Gasteiger partial charge in [-0.3, -0.25) is 4.79 Å². The van der Waals surface area contributed by atoms with E-state index in [9.17, 15) is 4.79 Å². The highest BCUT2D eigenvalue weighted by Gasteiger charge is 2.47. The van der Waals surface area contributed by atoms with Gasteiger partial charge in [0.15, 0.2) is 8.32 Å². The summed E-state index contributed by atoms with van der Waals surface area (Å²) in [5.41, 5.74) is 0. The molecule has 3 atom stereocenters. The molecule has 0 aromatic carbocycles. The van der Waals surface area contributed by atoms with Gasteiger partial charge in [0.05, 0.1) is 0 Å². The molecule has 5 nitrogen and oxygen atoms in total. The van der Waals surface area contributed by atoms with E-state index in [1.165, 1.54) is 6.92 Å². The summed E-state index contributed by atoms with van der Waals surface area (Å²) in [6.07, 6.45) is 1.50. The molecule has 1 aliphatic rings. The Bertz CT molecular complexity index is 503. The minimum atomic E-state index is -2.07. The van der Waals surface area contributed by atoms with Gasteiger partial charge in [0.1, 0.15) is 24.1 Å². The molecule has 0 bridgehead atoms. The fourth-order valence-electron chi connectivity index (χ4n) is 2.53. The largest absolute Gasteiger partial charge is 0.546 e. The molecule has 0 aromatic rings. The van der Waals surface area contributed by atoms with Crippen molar-refractivity contribution >= 4 is 22.6 Å². The topological polar surface area (TPSA) is 54.0 Å². The summed E-state index contributed by atoms with van der Waals surface area (Å²) in [6, 6.07) is 0. The van der Waals surface area contributed by atoms with Crippen LogP contribution in [-0.4, -0.2) is 48.0 Å². The zero-order valence-corrected chi connectivity index (χ0v) is 19.6. The summed E-state index contributed by atoms with van der Waals surface area (Å²) in [7, 11) is -2.20. The highest BCUT2D eigenvalue weighted by atomic mass is 28.4. The van der Waals surface area contributed by atoms with Crippen molar-refractivity contribution in [2.75, 3.05) is 7.11 Å². The van der Waals surface area contributed by atoms with E-state index in [0.717, 1.165) is 5.76 Å². The first-order valence-electron chi connectivity index (χ1n) is 8.95. The smallest absolute Gasteiger partial charge is 0.303 e. The van der Waals surface area contributed by atoms with E-state index in [4.69, 9.17) is 18.3 Å². The van der Waals surface area contributed by atoms with E-state index in [1.54, 1.807) is 7.11 Å². The second-order valence-corrected chi connectivity index (χ2v) is 18.4. The molecule has 25 heavy (non-hydrogen) atoms. The van der Waals surface area contributed by atoms with Crippen molar-refractivity contribution in [2.45, 2.75) is 90.2 Å². The van der Waals surface area contributed by atoms with Gasteiger partial charge in [0.25, 0.3) is 0 Å². The van der Waals surface area contributed by atoms with E-state index < -0.39 is 16.6 Å². The van der Waals surface area contributed by atoms with Crippen LogP contribution in [0.4, 0.5) is 0 Å². The zero-order valence-electron chi connectivity index (χ0n) is 17.6. The molecule has 0 heterocycles. The lowest BCUT2D eigenvalue weighted by Crippen LogP contribution is -2.55. The number of rotatable bonds is 6. The summed E-state index contributed by atoms with van der Waals surface area (Å²) >= 11 is 0. The van der Waals surface area contributed by atoms with Crippen LogP contribution in [0.1, 0.15) is 34.1 Å². The van der Waals surface area contributed by atoms with Gasteiger partial charge < -0.3 is 18.3 Å². The average molecular weight is 389 g/mol. The molecule has 7 heteroatoms. The van der Waals surface area contributed by atoms with Gasteiger partial charge >= 0.3 is 5.97 Å². The second kappa shape index (κ2) is 7.94. The molecule has 0 unspecified atom stereocenters. The van der Waals surface area contributed by atoms with E-state index >= 15 is 0 Å². The SMILES string of the molecule is CO[C@@H]1C(O[Si](C)(C)C)=CC[C@H](OC(C)=O)[C@H]1O[Si](C)(C)C(C)(C)C. The lowest BCUT2D eigenvalue weighted by atomic mass is 9.97. The molecule has 0 N–H and O–H groups in total. The predicted octanol–water partition coefficient (Wildman–Crippen LogP) is 4.46. The third-order valence-corrected chi connectivity index (χ3v) is 10.1. The Hall–Kier alpha value is -0.636. The number of carbonyl (C=O) groups excluding carboxylic acids is 1. The molecule has 1 aliphatic carbocycles. The minimum Gasteiger partial charge on any atom is -0.546 e. The molecular formula is C18H36O5Si2. The fraction of sp³-hybridized carbons (Fsp3) is 0.833. The van der Waals surface area contributed by atoms with Gasteiger partial charge in [-0.15, -0.1) is 0 Å². The number of ether oxygens (including phenoxy) is 2. The van der Waals surface area contributed by atoms with Crippen LogP contribution in [0.25, 0.3) is 0 Å². The monoisotopic (exact) mass is 388 g/mol. The average Bonchev–Trinajstić information content (AvgIpc) is 2.38. The summed E-state index contributed by atoms with van der Waals surface area (Å²) in [5, 5.41) is 0.0486. The molecule has 0 saturated carbocycles. The van der Waals surface area contributed by atoms with Gasteiger partial charge in [0.2, 0.25) is 8.32 Å². The maximum atomic E-state index is 11.6. The van der Waals surface area contributed by atoms with Gasteiger partial charge in [-0.25, -0.2) is 0 Å². The lowest BCUT2D eigenvalue weighted by Gasteiger charge is -2.45. The van der Waals surface area contributed by atoms with Crippen LogP contribution in [0.2, 0.25) is 37.8 Å². The van der Waals surface area contributed by atoms with Gasteiger partial charge in [-0.2, -0.15) is 0 Å². The third kappa shape index (κ3) is 6.23. The number of carbonyl (C=O) groups is 1. The quantitative estimate of drug-likeness (QED) is 0.496. The first-order valence-corrected chi connectivity index (χ1v) is 15.3. The highest BCUT2D eigenvalue weighted by Crippen LogP contribution is 2.40. The highest BCUT2D eigenvalue weighted by molar-refractivity contribution is 6.74. The van der Waals surface area contributed by atoms with Crippen LogP contribution in [0, 0.1) is 0 Å². The molecule has 0 aliphatic heterocycles. The Labute approximate surface area is 155 Å². The molecule has 0 saturated heterocycles. The van der Waals surface area contributed by atoms with Crippen LogP contribution >= 0.6 is 0 Å². The van der Waals surface area contributed by atoms with Crippen molar-refractivity contribution in [3.8, 4) is 0 Å². The van der Waals surface area contributed by atoms with Crippen LogP contribution in [-0.2, 0) is 23.1 Å². The standard InChI is InChI=1S/C18H36O5Si2/c1-13(19)21-14-11-12-15(22-24(6,7)8)16(20-5)17(14)23-25(9,10)18(2,3)4/h12,14,16-17H,11H2,1-10H3/t14-,16+,17+/m0/s1. The van der Waals surface area contributed by atoms with Crippen molar-refractivity contribution < 1.29 is 23.1 Å². The number of hydrogen-bond acceptors (Lipinski definition) is 5. The number of esters is 1. The number of methoxy groups -OCH3 is 1. The summed E-state index contributed by atoms with van der Waals surface area (Å²) in [4.78, 5) is 11.6. The van der Waals surface area contributed by atoms with Crippen molar-refractivity contribution in [3.05, 3.63) is 11.8 Å². The third-order valence-electron chi connectivity index (χ3n) is 4.73. The molecule has 0 aromatic heterocycles. The molecule has 146 valence electrons. The second-order valence-electron chi connectivity index (χ2n) is 9.20. The van der Waals surface area contributed by atoms with Crippen molar-refractivity contribution in [2.24, 2.45) is 0 Å². The Kier molecular flexibility index (Phi) is 7.12. The fourth-order valence-corrected chi connectivity index (χ4v) is 4.74. The Morgan fingerprint density at radius 2 is 1.72 bits per heavy atom. The van der Waals surface area contributed by atoms with Crippen LogP contribution in [0.3, 0.4) is 0 Å². The summed E-state index contributed by atoms with van der Waals surface area (Å²) < 4.78 is 24.2. The van der Waals surface area contributed by atoms with E-state index in [2.05, 4.69) is 53.5 Å². The van der Waals surface area contributed by atoms with Gasteiger partial charge in [-0.05, 0) is 43.8 Å². The molecule has 0 amide bonds. The Morgan fingerprint density at radius 3 is 2.12 bits per heavy atom. The van der Waals surface area contributed by atoms with E-state index in [0.29, 0.717) is 6.42 Å². The normalized spacial score (nSPS) is 25.4. The first-order chi connectivity index (χ1) is 11.2. The van der Waals surface area contributed by atoms with Crippen LogP contribution in [0.5, 0.6) is 0 Å². The Morgan fingerprint density at radius 1 is 1.16 bits per heavy atom.